The van der Waals surface area contributed by atoms with Crippen LogP contribution >= 0.6 is 0 Å². The molecule has 78 valence electrons. The molecule has 0 fully saturated rings. The third kappa shape index (κ3) is 2.48. The van der Waals surface area contributed by atoms with E-state index in [9.17, 15) is 0 Å². The zero-order chi connectivity index (χ0) is 10.7. The van der Waals surface area contributed by atoms with E-state index in [1.165, 1.54) is 16.7 Å². The van der Waals surface area contributed by atoms with Crippen LogP contribution in [0, 0.1) is 13.8 Å². The van der Waals surface area contributed by atoms with Gasteiger partial charge in [0, 0.05) is 6.04 Å². The number of nitrogens with two attached hydrogens (primary N) is 1. The minimum Gasteiger partial charge on any atom is -0.496 e. The summed E-state index contributed by atoms with van der Waals surface area (Å²) in [4.78, 5) is 0. The monoisotopic (exact) mass is 193 g/mol. The van der Waals surface area contributed by atoms with E-state index in [1.807, 2.05) is 6.92 Å². The Bertz CT molecular complexity index is 318. The molecular weight excluding hydrogens is 174 g/mol. The predicted molar refractivity (Wildman–Crippen MR) is 59.8 cm³/mol. The first-order chi connectivity index (χ1) is 6.54. The molecule has 0 heterocycles. The molecule has 1 aromatic rings. The van der Waals surface area contributed by atoms with Gasteiger partial charge in [-0.3, -0.25) is 0 Å². The van der Waals surface area contributed by atoms with Gasteiger partial charge in [0.2, 0.25) is 0 Å². The van der Waals surface area contributed by atoms with E-state index >= 15 is 0 Å². The quantitative estimate of drug-likeness (QED) is 0.798. The molecule has 1 unspecified atom stereocenters. The van der Waals surface area contributed by atoms with Gasteiger partial charge in [0.05, 0.1) is 7.11 Å². The van der Waals surface area contributed by atoms with E-state index in [-0.39, 0.29) is 6.04 Å². The highest BCUT2D eigenvalue weighted by Gasteiger charge is 2.09. The summed E-state index contributed by atoms with van der Waals surface area (Å²) in [7, 11) is 1.71. The van der Waals surface area contributed by atoms with E-state index in [4.69, 9.17) is 10.5 Å². The predicted octanol–water partition coefficient (Wildman–Crippen LogP) is 2.20. The molecule has 14 heavy (non-hydrogen) atoms. The molecule has 1 atom stereocenters. The van der Waals surface area contributed by atoms with Crippen LogP contribution in [0.2, 0.25) is 0 Å². The van der Waals surface area contributed by atoms with E-state index in [2.05, 4.69) is 26.0 Å². The standard InChI is InChI=1S/C12H19NO/c1-8-5-9(2)11(7-10(3)13)12(6-8)14-4/h5-6,10H,7,13H2,1-4H3. The average Bonchev–Trinajstić information content (AvgIpc) is 2.08. The molecule has 0 saturated heterocycles. The SMILES string of the molecule is COc1cc(C)cc(C)c1CC(C)N. The van der Waals surface area contributed by atoms with E-state index in [0.29, 0.717) is 0 Å². The fraction of sp³-hybridized carbons (Fsp3) is 0.500. The maximum atomic E-state index is 5.80. The molecule has 2 heteroatoms. The first-order valence-corrected chi connectivity index (χ1v) is 4.94. The van der Waals surface area contributed by atoms with Gasteiger partial charge < -0.3 is 10.5 Å². The topological polar surface area (TPSA) is 35.2 Å². The van der Waals surface area contributed by atoms with Crippen molar-refractivity contribution in [2.24, 2.45) is 5.73 Å². The van der Waals surface area contributed by atoms with Crippen LogP contribution < -0.4 is 10.5 Å². The number of hydrogen-bond acceptors (Lipinski definition) is 2. The van der Waals surface area contributed by atoms with Crippen molar-refractivity contribution in [1.82, 2.24) is 0 Å². The minimum absolute atomic E-state index is 0.172. The molecular formula is C12H19NO. The Morgan fingerprint density at radius 3 is 2.50 bits per heavy atom. The summed E-state index contributed by atoms with van der Waals surface area (Å²) >= 11 is 0. The first kappa shape index (κ1) is 11.1. The van der Waals surface area contributed by atoms with Crippen molar-refractivity contribution in [2.45, 2.75) is 33.2 Å². The number of hydrogen-bond donors (Lipinski definition) is 1. The number of benzene rings is 1. The second-order valence-corrected chi connectivity index (χ2v) is 3.94. The van der Waals surface area contributed by atoms with Crippen molar-refractivity contribution in [1.29, 1.82) is 0 Å². The minimum atomic E-state index is 0.172. The second-order valence-electron chi connectivity index (χ2n) is 3.94. The van der Waals surface area contributed by atoms with Crippen LogP contribution in [-0.4, -0.2) is 13.2 Å². The Labute approximate surface area is 86.1 Å². The molecule has 0 aliphatic heterocycles. The third-order valence-corrected chi connectivity index (χ3v) is 2.32. The van der Waals surface area contributed by atoms with E-state index in [0.717, 1.165) is 12.2 Å². The average molecular weight is 193 g/mol. The third-order valence-electron chi connectivity index (χ3n) is 2.32. The van der Waals surface area contributed by atoms with Gasteiger partial charge in [-0.25, -0.2) is 0 Å². The van der Waals surface area contributed by atoms with Crippen LogP contribution in [0.15, 0.2) is 12.1 Å². The molecule has 0 amide bonds. The summed E-state index contributed by atoms with van der Waals surface area (Å²) in [5.74, 6) is 0.958. The second kappa shape index (κ2) is 4.47. The molecule has 2 N–H and O–H groups in total. The lowest BCUT2D eigenvalue weighted by atomic mass is 9.99. The van der Waals surface area contributed by atoms with Crippen LogP contribution in [-0.2, 0) is 6.42 Å². The van der Waals surface area contributed by atoms with Gasteiger partial charge in [-0.2, -0.15) is 0 Å². The van der Waals surface area contributed by atoms with Crippen LogP contribution in [0.25, 0.3) is 0 Å². The molecule has 0 bridgehead atoms. The lowest BCUT2D eigenvalue weighted by Gasteiger charge is -2.14. The van der Waals surface area contributed by atoms with Crippen molar-refractivity contribution in [3.8, 4) is 5.75 Å². The zero-order valence-electron chi connectivity index (χ0n) is 9.42. The van der Waals surface area contributed by atoms with Crippen molar-refractivity contribution < 1.29 is 4.74 Å². The fourth-order valence-electron chi connectivity index (χ4n) is 1.72. The lowest BCUT2D eigenvalue weighted by molar-refractivity contribution is 0.407. The van der Waals surface area contributed by atoms with E-state index in [1.54, 1.807) is 7.11 Å². The van der Waals surface area contributed by atoms with Crippen molar-refractivity contribution >= 4 is 0 Å². The smallest absolute Gasteiger partial charge is 0.122 e. The summed E-state index contributed by atoms with van der Waals surface area (Å²) < 4.78 is 5.35. The van der Waals surface area contributed by atoms with Crippen LogP contribution in [0.1, 0.15) is 23.6 Å². The molecule has 0 spiro atoms. The Kier molecular flexibility index (Phi) is 3.53. The molecule has 0 aromatic heterocycles. The van der Waals surface area contributed by atoms with Gasteiger partial charge >= 0.3 is 0 Å². The summed E-state index contributed by atoms with van der Waals surface area (Å²) in [6.45, 7) is 6.19. The molecule has 0 saturated carbocycles. The highest BCUT2D eigenvalue weighted by molar-refractivity contribution is 5.43. The van der Waals surface area contributed by atoms with Crippen LogP contribution in [0.5, 0.6) is 5.75 Å². The Hall–Kier alpha value is -1.02. The number of aryl methyl sites for hydroxylation is 2. The Morgan fingerprint density at radius 1 is 1.36 bits per heavy atom. The Morgan fingerprint density at radius 2 is 2.00 bits per heavy atom. The molecule has 2 nitrogen and oxygen atoms in total. The number of ether oxygens (including phenoxy) is 1. The summed E-state index contributed by atoms with van der Waals surface area (Å²) in [6, 6.07) is 4.40. The van der Waals surface area contributed by atoms with Gasteiger partial charge in [0.1, 0.15) is 5.75 Å². The maximum Gasteiger partial charge on any atom is 0.122 e. The molecule has 1 rings (SSSR count). The fourth-order valence-corrected chi connectivity index (χ4v) is 1.72. The van der Waals surface area contributed by atoms with Crippen LogP contribution in [0.3, 0.4) is 0 Å². The van der Waals surface area contributed by atoms with Gasteiger partial charge in [0.25, 0.3) is 0 Å². The normalized spacial score (nSPS) is 12.6. The largest absolute Gasteiger partial charge is 0.496 e. The molecule has 0 aliphatic rings. The summed E-state index contributed by atoms with van der Waals surface area (Å²) in [5.41, 5.74) is 9.52. The van der Waals surface area contributed by atoms with Gasteiger partial charge in [-0.15, -0.1) is 0 Å². The van der Waals surface area contributed by atoms with Crippen molar-refractivity contribution in [3.63, 3.8) is 0 Å². The van der Waals surface area contributed by atoms with Crippen molar-refractivity contribution in [2.75, 3.05) is 7.11 Å². The van der Waals surface area contributed by atoms with Gasteiger partial charge in [-0.05, 0) is 49.9 Å². The van der Waals surface area contributed by atoms with Crippen molar-refractivity contribution in [3.05, 3.63) is 28.8 Å². The molecule has 1 aromatic carbocycles. The van der Waals surface area contributed by atoms with Gasteiger partial charge in [0.15, 0.2) is 0 Å². The highest BCUT2D eigenvalue weighted by atomic mass is 16.5. The highest BCUT2D eigenvalue weighted by Crippen LogP contribution is 2.25. The zero-order valence-corrected chi connectivity index (χ0v) is 9.42. The molecule has 0 aliphatic carbocycles. The van der Waals surface area contributed by atoms with Crippen LogP contribution in [0.4, 0.5) is 0 Å². The number of methoxy groups -OCH3 is 1. The number of rotatable bonds is 3. The summed E-state index contributed by atoms with van der Waals surface area (Å²) in [6.07, 6.45) is 0.870. The maximum absolute atomic E-state index is 5.80. The lowest BCUT2D eigenvalue weighted by Crippen LogP contribution is -2.19. The first-order valence-electron chi connectivity index (χ1n) is 4.94. The molecule has 0 radical (unpaired) electrons. The Balaban J connectivity index is 3.11. The van der Waals surface area contributed by atoms with Gasteiger partial charge in [-0.1, -0.05) is 6.07 Å². The van der Waals surface area contributed by atoms with E-state index < -0.39 is 0 Å². The summed E-state index contributed by atoms with van der Waals surface area (Å²) in [5, 5.41) is 0.